The minimum absolute atomic E-state index is 0.127. The molecule has 3 aromatic rings. The number of methoxy groups -OCH3 is 1. The summed E-state index contributed by atoms with van der Waals surface area (Å²) < 4.78 is 5.36. The fourth-order valence-electron chi connectivity index (χ4n) is 2.10. The third kappa shape index (κ3) is 2.84. The Kier molecular flexibility index (Phi) is 3.88. The van der Waals surface area contributed by atoms with Gasteiger partial charge in [-0.05, 0) is 29.6 Å². The molecule has 0 aliphatic rings. The molecular formula is C15H14N4O2S. The van der Waals surface area contributed by atoms with E-state index in [1.54, 1.807) is 36.6 Å². The lowest BCUT2D eigenvalue weighted by molar-refractivity contribution is -0.114. The van der Waals surface area contributed by atoms with Crippen LogP contribution in [0.5, 0.6) is 5.75 Å². The van der Waals surface area contributed by atoms with E-state index < -0.39 is 0 Å². The van der Waals surface area contributed by atoms with Crippen LogP contribution in [-0.2, 0) is 4.79 Å². The number of fused-ring (bicyclic) bond motifs is 1. The summed E-state index contributed by atoms with van der Waals surface area (Å²) in [6.45, 7) is 1.47. The van der Waals surface area contributed by atoms with Gasteiger partial charge in [0, 0.05) is 12.6 Å². The Morgan fingerprint density at radius 3 is 2.91 bits per heavy atom. The van der Waals surface area contributed by atoms with E-state index in [1.165, 1.54) is 13.3 Å². The second-order valence-electron chi connectivity index (χ2n) is 4.58. The number of hydrogen-bond donors (Lipinski definition) is 2. The lowest BCUT2D eigenvalue weighted by Gasteiger charge is -2.13. The molecule has 1 aromatic carbocycles. The average molecular weight is 314 g/mol. The Hall–Kier alpha value is -2.67. The first kappa shape index (κ1) is 14.3. The Balaban J connectivity index is 1.99. The third-order valence-electron chi connectivity index (χ3n) is 3.03. The van der Waals surface area contributed by atoms with Crippen molar-refractivity contribution < 1.29 is 9.53 Å². The molecule has 0 atom stereocenters. The van der Waals surface area contributed by atoms with Gasteiger partial charge in [-0.1, -0.05) is 0 Å². The first-order chi connectivity index (χ1) is 10.7. The number of ether oxygens (including phenoxy) is 1. The van der Waals surface area contributed by atoms with Crippen molar-refractivity contribution in [2.24, 2.45) is 0 Å². The van der Waals surface area contributed by atoms with E-state index in [1.807, 2.05) is 11.4 Å². The molecule has 0 spiro atoms. The first-order valence-electron chi connectivity index (χ1n) is 6.58. The van der Waals surface area contributed by atoms with Crippen LogP contribution in [0.2, 0.25) is 0 Å². The van der Waals surface area contributed by atoms with Gasteiger partial charge in [0.25, 0.3) is 0 Å². The summed E-state index contributed by atoms with van der Waals surface area (Å²) in [7, 11) is 1.60. The summed E-state index contributed by atoms with van der Waals surface area (Å²) >= 11 is 1.55. The van der Waals surface area contributed by atoms with Crippen LogP contribution in [-0.4, -0.2) is 23.0 Å². The molecule has 22 heavy (non-hydrogen) atoms. The summed E-state index contributed by atoms with van der Waals surface area (Å²) in [4.78, 5) is 20.6. The van der Waals surface area contributed by atoms with Crippen LogP contribution in [0.15, 0.2) is 36.0 Å². The molecule has 0 saturated carbocycles. The predicted octanol–water partition coefficient (Wildman–Crippen LogP) is 3.40. The van der Waals surface area contributed by atoms with Crippen molar-refractivity contribution >= 4 is 44.7 Å². The number of aromatic nitrogens is 2. The molecule has 0 radical (unpaired) electrons. The summed E-state index contributed by atoms with van der Waals surface area (Å²) in [5.74, 6) is 1.24. The molecule has 112 valence electrons. The fourth-order valence-corrected chi connectivity index (χ4v) is 2.84. The van der Waals surface area contributed by atoms with E-state index >= 15 is 0 Å². The van der Waals surface area contributed by atoms with Crippen LogP contribution < -0.4 is 15.4 Å². The predicted molar refractivity (Wildman–Crippen MR) is 88.0 cm³/mol. The number of amides is 1. The van der Waals surface area contributed by atoms with Gasteiger partial charge in [-0.15, -0.1) is 11.3 Å². The van der Waals surface area contributed by atoms with E-state index in [0.29, 0.717) is 17.3 Å². The fraction of sp³-hybridized carbons (Fsp3) is 0.133. The van der Waals surface area contributed by atoms with Crippen molar-refractivity contribution in [1.82, 2.24) is 9.97 Å². The number of anilines is 3. The average Bonchev–Trinajstić information content (AvgIpc) is 2.96. The molecule has 6 nitrogen and oxygen atoms in total. The molecule has 2 heterocycles. The highest BCUT2D eigenvalue weighted by molar-refractivity contribution is 7.16. The van der Waals surface area contributed by atoms with Gasteiger partial charge >= 0.3 is 0 Å². The summed E-state index contributed by atoms with van der Waals surface area (Å²) in [6.07, 6.45) is 1.52. The highest BCUT2D eigenvalue weighted by atomic mass is 32.1. The smallest absolute Gasteiger partial charge is 0.221 e. The Labute approximate surface area is 131 Å². The van der Waals surface area contributed by atoms with Crippen molar-refractivity contribution in [3.05, 3.63) is 36.0 Å². The van der Waals surface area contributed by atoms with E-state index in [0.717, 1.165) is 15.9 Å². The van der Waals surface area contributed by atoms with Gasteiger partial charge in [0.1, 0.15) is 22.7 Å². The third-order valence-corrected chi connectivity index (χ3v) is 3.86. The minimum atomic E-state index is -0.127. The van der Waals surface area contributed by atoms with Gasteiger partial charge in [0.15, 0.2) is 0 Å². The zero-order valence-corrected chi connectivity index (χ0v) is 12.9. The standard InChI is InChI=1S/C15H14N4O2S/c1-9(20)18-10-3-4-13(21-2)12(7-10)19-14-11-5-6-22-15(11)17-8-16-14/h3-8H,1-2H3,(H,18,20)(H,16,17,19). The second-order valence-corrected chi connectivity index (χ2v) is 5.48. The van der Waals surface area contributed by atoms with Gasteiger partial charge < -0.3 is 15.4 Å². The Morgan fingerprint density at radius 2 is 2.14 bits per heavy atom. The first-order valence-corrected chi connectivity index (χ1v) is 7.46. The molecular weight excluding hydrogens is 300 g/mol. The van der Waals surface area contributed by atoms with Crippen molar-refractivity contribution in [3.63, 3.8) is 0 Å². The zero-order valence-electron chi connectivity index (χ0n) is 12.1. The molecule has 7 heteroatoms. The van der Waals surface area contributed by atoms with E-state index in [4.69, 9.17) is 4.74 Å². The lowest BCUT2D eigenvalue weighted by Crippen LogP contribution is -2.06. The van der Waals surface area contributed by atoms with E-state index in [-0.39, 0.29) is 5.91 Å². The molecule has 0 bridgehead atoms. The van der Waals surface area contributed by atoms with Crippen LogP contribution >= 0.6 is 11.3 Å². The Morgan fingerprint density at radius 1 is 1.27 bits per heavy atom. The van der Waals surface area contributed by atoms with Crippen molar-refractivity contribution in [2.45, 2.75) is 6.92 Å². The monoisotopic (exact) mass is 314 g/mol. The van der Waals surface area contributed by atoms with Crippen molar-refractivity contribution in [3.8, 4) is 5.75 Å². The normalized spacial score (nSPS) is 10.5. The number of nitrogens with zero attached hydrogens (tertiary/aromatic N) is 2. The molecule has 2 aromatic heterocycles. The van der Waals surface area contributed by atoms with Crippen LogP contribution in [0.3, 0.4) is 0 Å². The molecule has 3 rings (SSSR count). The Bertz CT molecular complexity index is 831. The highest BCUT2D eigenvalue weighted by Crippen LogP contribution is 2.33. The van der Waals surface area contributed by atoms with Crippen molar-refractivity contribution in [1.29, 1.82) is 0 Å². The number of rotatable bonds is 4. The minimum Gasteiger partial charge on any atom is -0.495 e. The molecule has 0 aliphatic heterocycles. The van der Waals surface area contributed by atoms with Gasteiger partial charge in [-0.25, -0.2) is 9.97 Å². The molecule has 0 saturated heterocycles. The summed E-state index contributed by atoms with van der Waals surface area (Å²) in [5.41, 5.74) is 1.41. The summed E-state index contributed by atoms with van der Waals surface area (Å²) in [6, 6.07) is 7.35. The maximum Gasteiger partial charge on any atom is 0.221 e. The molecule has 0 aliphatic carbocycles. The maximum absolute atomic E-state index is 11.2. The number of benzene rings is 1. The van der Waals surface area contributed by atoms with Gasteiger partial charge in [0.2, 0.25) is 5.91 Å². The molecule has 0 fully saturated rings. The van der Waals surface area contributed by atoms with Crippen molar-refractivity contribution in [2.75, 3.05) is 17.7 Å². The SMILES string of the molecule is COc1ccc(NC(C)=O)cc1Nc1ncnc2sccc12. The second kappa shape index (κ2) is 5.98. The number of thiophene rings is 1. The van der Waals surface area contributed by atoms with Gasteiger partial charge in [0.05, 0.1) is 18.2 Å². The van der Waals surface area contributed by atoms with E-state index in [2.05, 4.69) is 20.6 Å². The lowest BCUT2D eigenvalue weighted by atomic mass is 10.2. The van der Waals surface area contributed by atoms with Gasteiger partial charge in [-0.3, -0.25) is 4.79 Å². The van der Waals surface area contributed by atoms with Gasteiger partial charge in [-0.2, -0.15) is 0 Å². The topological polar surface area (TPSA) is 76.1 Å². The molecule has 2 N–H and O–H groups in total. The van der Waals surface area contributed by atoms with Crippen LogP contribution in [0.4, 0.5) is 17.2 Å². The van der Waals surface area contributed by atoms with Crippen LogP contribution in [0.25, 0.3) is 10.2 Å². The van der Waals surface area contributed by atoms with Crippen LogP contribution in [0.1, 0.15) is 6.92 Å². The highest BCUT2D eigenvalue weighted by Gasteiger charge is 2.10. The van der Waals surface area contributed by atoms with E-state index in [9.17, 15) is 4.79 Å². The number of carbonyl (C=O) groups excluding carboxylic acids is 1. The molecule has 1 amide bonds. The number of nitrogens with one attached hydrogen (secondary N) is 2. The number of hydrogen-bond acceptors (Lipinski definition) is 6. The largest absolute Gasteiger partial charge is 0.495 e. The zero-order chi connectivity index (χ0) is 15.5. The molecule has 0 unspecified atom stereocenters. The summed E-state index contributed by atoms with van der Waals surface area (Å²) in [5, 5.41) is 8.91. The maximum atomic E-state index is 11.2. The quantitative estimate of drug-likeness (QED) is 0.772. The van der Waals surface area contributed by atoms with Crippen LogP contribution in [0, 0.1) is 0 Å². The number of carbonyl (C=O) groups is 1.